The number of nitrogens with zero attached hydrogens (tertiary/aromatic N) is 2. The van der Waals surface area contributed by atoms with Crippen LogP contribution < -0.4 is 20.1 Å². The molecule has 2 rings (SSSR count). The molecule has 0 heterocycles. The zero-order valence-corrected chi connectivity index (χ0v) is 16.7. The van der Waals surface area contributed by atoms with Crippen LogP contribution in [-0.2, 0) is 13.1 Å². The summed E-state index contributed by atoms with van der Waals surface area (Å²) in [5.74, 6) is 0.679. The lowest BCUT2D eigenvalue weighted by molar-refractivity contribution is -0.384. The number of non-ortho nitro benzene ring substituents is 1. The highest BCUT2D eigenvalue weighted by Gasteiger charge is 2.16. The molecule has 2 N–H and O–H groups in total. The minimum atomic E-state index is -2.98. The summed E-state index contributed by atoms with van der Waals surface area (Å²) in [6.45, 7) is 2.03. The van der Waals surface area contributed by atoms with Gasteiger partial charge in [0.2, 0.25) is 0 Å². The quantitative estimate of drug-likeness (QED) is 0.261. The summed E-state index contributed by atoms with van der Waals surface area (Å²) >= 11 is 0. The van der Waals surface area contributed by atoms with Crippen LogP contribution in [0.1, 0.15) is 25.0 Å². The lowest BCUT2D eigenvalue weighted by atomic mass is 10.2. The van der Waals surface area contributed by atoms with E-state index in [0.717, 1.165) is 5.56 Å². The second-order valence-electron chi connectivity index (χ2n) is 6.03. The van der Waals surface area contributed by atoms with Crippen LogP contribution in [0, 0.1) is 10.1 Å². The Hall–Kier alpha value is -3.43. The van der Waals surface area contributed by atoms with Gasteiger partial charge < -0.3 is 20.1 Å². The summed E-state index contributed by atoms with van der Waals surface area (Å²) < 4.78 is 35.8. The zero-order chi connectivity index (χ0) is 21.9. The van der Waals surface area contributed by atoms with E-state index in [1.807, 2.05) is 6.92 Å². The Balaban J connectivity index is 2.12. The van der Waals surface area contributed by atoms with E-state index in [-0.39, 0.29) is 30.3 Å². The Morgan fingerprint density at radius 2 is 1.90 bits per heavy atom. The number of para-hydroxylation sites is 1. The first-order chi connectivity index (χ1) is 14.4. The number of ether oxygens (including phenoxy) is 2. The molecular weight excluding hydrogens is 398 g/mol. The van der Waals surface area contributed by atoms with Crippen molar-refractivity contribution in [1.82, 2.24) is 10.6 Å². The van der Waals surface area contributed by atoms with E-state index >= 15 is 0 Å². The van der Waals surface area contributed by atoms with Gasteiger partial charge in [-0.3, -0.25) is 10.1 Å². The van der Waals surface area contributed by atoms with Crippen LogP contribution in [0.25, 0.3) is 0 Å². The van der Waals surface area contributed by atoms with Gasteiger partial charge in [0.1, 0.15) is 0 Å². The fourth-order valence-electron chi connectivity index (χ4n) is 2.61. The number of hydrogen-bond acceptors (Lipinski definition) is 5. The molecule has 0 saturated heterocycles. The van der Waals surface area contributed by atoms with Gasteiger partial charge in [-0.15, -0.1) is 0 Å². The maximum absolute atomic E-state index is 12.9. The van der Waals surface area contributed by atoms with Gasteiger partial charge in [-0.25, -0.2) is 4.99 Å². The highest BCUT2D eigenvalue weighted by atomic mass is 19.3. The van der Waals surface area contributed by atoms with Crippen molar-refractivity contribution in [3.8, 4) is 11.5 Å². The lowest BCUT2D eigenvalue weighted by Crippen LogP contribution is -2.36. The van der Waals surface area contributed by atoms with Gasteiger partial charge in [-0.05, 0) is 25.5 Å². The number of nitrogens with one attached hydrogen (secondary N) is 2. The number of rotatable bonds is 10. The van der Waals surface area contributed by atoms with Crippen molar-refractivity contribution in [3.63, 3.8) is 0 Å². The molecule has 0 spiro atoms. The van der Waals surface area contributed by atoms with E-state index in [9.17, 15) is 18.9 Å². The number of halogens is 2. The first kappa shape index (κ1) is 22.9. The molecule has 0 saturated carbocycles. The van der Waals surface area contributed by atoms with Crippen LogP contribution in [0.5, 0.6) is 11.5 Å². The van der Waals surface area contributed by atoms with Gasteiger partial charge >= 0.3 is 6.61 Å². The van der Waals surface area contributed by atoms with Crippen molar-refractivity contribution < 1.29 is 23.2 Å². The molecule has 2 aromatic carbocycles. The highest BCUT2D eigenvalue weighted by molar-refractivity contribution is 5.79. The molecule has 0 atom stereocenters. The van der Waals surface area contributed by atoms with Gasteiger partial charge in [0.15, 0.2) is 17.5 Å². The number of hydrogen-bond donors (Lipinski definition) is 2. The first-order valence-electron chi connectivity index (χ1n) is 9.39. The fraction of sp³-hybridized carbons (Fsp3) is 0.350. The minimum absolute atomic E-state index is 0.00787. The summed E-state index contributed by atoms with van der Waals surface area (Å²) in [6, 6.07) is 11.0. The molecule has 0 aliphatic heterocycles. The smallest absolute Gasteiger partial charge is 0.387 e. The van der Waals surface area contributed by atoms with E-state index in [1.165, 1.54) is 12.1 Å². The zero-order valence-electron chi connectivity index (χ0n) is 16.7. The van der Waals surface area contributed by atoms with Gasteiger partial charge in [-0.2, -0.15) is 8.78 Å². The molecule has 0 aliphatic carbocycles. The van der Waals surface area contributed by atoms with Gasteiger partial charge in [-0.1, -0.05) is 24.3 Å². The van der Waals surface area contributed by atoms with Gasteiger partial charge in [0, 0.05) is 30.8 Å². The molecule has 0 aromatic heterocycles. The SMILES string of the molecule is CCNC(=NCc1ccc([N+](=O)[O-])cc1)NCc1cccc(OCC)c1OC(F)F. The number of alkyl halides is 2. The van der Waals surface area contributed by atoms with E-state index in [4.69, 9.17) is 4.74 Å². The Kier molecular flexibility index (Phi) is 8.79. The minimum Gasteiger partial charge on any atom is -0.490 e. The number of nitro groups is 1. The summed E-state index contributed by atoms with van der Waals surface area (Å²) in [5.41, 5.74) is 1.29. The molecule has 0 fully saturated rings. The average molecular weight is 422 g/mol. The van der Waals surface area contributed by atoms with Crippen LogP contribution in [-0.4, -0.2) is 30.6 Å². The fourth-order valence-corrected chi connectivity index (χ4v) is 2.61. The molecule has 0 amide bonds. The second kappa shape index (κ2) is 11.5. The van der Waals surface area contributed by atoms with Crippen molar-refractivity contribution in [3.05, 3.63) is 63.7 Å². The monoisotopic (exact) mass is 422 g/mol. The molecule has 2 aromatic rings. The Morgan fingerprint density at radius 3 is 2.50 bits per heavy atom. The van der Waals surface area contributed by atoms with Crippen molar-refractivity contribution in [2.24, 2.45) is 4.99 Å². The first-order valence-corrected chi connectivity index (χ1v) is 9.39. The summed E-state index contributed by atoms with van der Waals surface area (Å²) in [5, 5.41) is 16.9. The number of aliphatic imine (C=N–C) groups is 1. The molecule has 0 unspecified atom stereocenters. The normalized spacial score (nSPS) is 11.3. The molecule has 0 radical (unpaired) electrons. The lowest BCUT2D eigenvalue weighted by Gasteiger charge is -2.17. The Morgan fingerprint density at radius 1 is 1.17 bits per heavy atom. The number of nitro benzene ring substituents is 1. The molecule has 8 nitrogen and oxygen atoms in total. The van der Waals surface area contributed by atoms with E-state index < -0.39 is 11.5 Å². The summed E-state index contributed by atoms with van der Waals surface area (Å²) in [4.78, 5) is 14.7. The standard InChI is InChI=1S/C20H24F2N4O4/c1-3-23-20(24-12-14-8-10-16(11-9-14)26(27)28)25-13-15-6-5-7-17(29-4-2)18(15)30-19(21)22/h5-11,19H,3-4,12-13H2,1-2H3,(H2,23,24,25). The maximum Gasteiger partial charge on any atom is 0.387 e. The highest BCUT2D eigenvalue weighted by Crippen LogP contribution is 2.32. The molecular formula is C20H24F2N4O4. The topological polar surface area (TPSA) is 98.0 Å². The predicted octanol–water partition coefficient (Wildman–Crippen LogP) is 3.85. The van der Waals surface area contributed by atoms with Crippen molar-refractivity contribution in [2.45, 2.75) is 33.5 Å². The van der Waals surface area contributed by atoms with E-state index in [0.29, 0.717) is 24.7 Å². The second-order valence-corrected chi connectivity index (χ2v) is 6.03. The Labute approximate surface area is 173 Å². The maximum atomic E-state index is 12.9. The third-order valence-electron chi connectivity index (χ3n) is 3.92. The third-order valence-corrected chi connectivity index (χ3v) is 3.92. The molecule has 30 heavy (non-hydrogen) atoms. The number of guanidine groups is 1. The Bertz CT molecular complexity index is 860. The van der Waals surface area contributed by atoms with Gasteiger partial charge in [0.05, 0.1) is 18.1 Å². The molecule has 10 heteroatoms. The van der Waals surface area contributed by atoms with Crippen LogP contribution in [0.15, 0.2) is 47.5 Å². The van der Waals surface area contributed by atoms with Crippen LogP contribution >= 0.6 is 0 Å². The van der Waals surface area contributed by atoms with Crippen LogP contribution in [0.4, 0.5) is 14.5 Å². The van der Waals surface area contributed by atoms with Gasteiger partial charge in [0.25, 0.3) is 5.69 Å². The van der Waals surface area contributed by atoms with E-state index in [1.54, 1.807) is 37.3 Å². The predicted molar refractivity (Wildman–Crippen MR) is 109 cm³/mol. The average Bonchev–Trinajstić information content (AvgIpc) is 2.72. The van der Waals surface area contributed by atoms with Crippen molar-refractivity contribution >= 4 is 11.6 Å². The summed E-state index contributed by atoms with van der Waals surface area (Å²) in [7, 11) is 0. The van der Waals surface area contributed by atoms with Crippen LogP contribution in [0.3, 0.4) is 0 Å². The van der Waals surface area contributed by atoms with Crippen molar-refractivity contribution in [2.75, 3.05) is 13.2 Å². The van der Waals surface area contributed by atoms with E-state index in [2.05, 4.69) is 20.4 Å². The molecule has 0 bridgehead atoms. The molecule has 162 valence electrons. The summed E-state index contributed by atoms with van der Waals surface area (Å²) in [6.07, 6.45) is 0. The number of benzene rings is 2. The van der Waals surface area contributed by atoms with Crippen molar-refractivity contribution in [1.29, 1.82) is 0 Å². The molecule has 0 aliphatic rings. The third kappa shape index (κ3) is 6.87. The largest absolute Gasteiger partial charge is 0.490 e. The van der Waals surface area contributed by atoms with Crippen LogP contribution in [0.2, 0.25) is 0 Å².